The van der Waals surface area contributed by atoms with Crippen LogP contribution in [0.3, 0.4) is 0 Å². The molecule has 2 N–H and O–H groups in total. The molecule has 3 rings (SSSR count). The van der Waals surface area contributed by atoms with Crippen LogP contribution >= 0.6 is 0 Å². The number of aromatic nitrogens is 3. The monoisotopic (exact) mass is 217 g/mol. The fourth-order valence-corrected chi connectivity index (χ4v) is 1.91. The van der Waals surface area contributed by atoms with Gasteiger partial charge in [0.25, 0.3) is 0 Å². The molecule has 1 aliphatic rings. The van der Waals surface area contributed by atoms with Crippen LogP contribution in [-0.2, 0) is 0 Å². The van der Waals surface area contributed by atoms with Crippen molar-refractivity contribution in [2.75, 3.05) is 0 Å². The lowest BCUT2D eigenvalue weighted by atomic mass is 10.3. The first-order valence-corrected chi connectivity index (χ1v) is 5.24. The molecular formula is C11H11N3O2. The second kappa shape index (κ2) is 3.04. The molecular weight excluding hydrogens is 206 g/mol. The number of rotatable bonds is 2. The second-order valence-corrected chi connectivity index (χ2v) is 4.34. The molecule has 1 aliphatic carbocycles. The maximum atomic E-state index is 10.8. The summed E-state index contributed by atoms with van der Waals surface area (Å²) in [5, 5.41) is 8.84. The molecule has 16 heavy (non-hydrogen) atoms. The van der Waals surface area contributed by atoms with Crippen LogP contribution in [-0.4, -0.2) is 26.0 Å². The number of carboxylic acids is 1. The predicted molar refractivity (Wildman–Crippen MR) is 57.4 cm³/mol. The topological polar surface area (TPSA) is 78.9 Å². The van der Waals surface area contributed by atoms with Crippen LogP contribution in [0.25, 0.3) is 11.2 Å². The number of pyridine rings is 1. The van der Waals surface area contributed by atoms with Crippen molar-refractivity contribution in [2.24, 2.45) is 5.92 Å². The maximum absolute atomic E-state index is 10.8. The lowest BCUT2D eigenvalue weighted by Crippen LogP contribution is -1.96. The summed E-state index contributed by atoms with van der Waals surface area (Å²) in [4.78, 5) is 22.3. The van der Waals surface area contributed by atoms with Gasteiger partial charge in [0.15, 0.2) is 5.65 Å². The minimum Gasteiger partial charge on any atom is -0.478 e. The quantitative estimate of drug-likeness (QED) is 0.803. The summed E-state index contributed by atoms with van der Waals surface area (Å²) in [6.07, 6.45) is 2.48. The molecule has 82 valence electrons. The van der Waals surface area contributed by atoms with Crippen molar-refractivity contribution >= 4 is 17.1 Å². The highest BCUT2D eigenvalue weighted by Gasteiger charge is 2.36. The SMILES string of the molecule is CC1CC1c1nc2ncc(C(=O)O)cc2[nH]1. The Hall–Kier alpha value is -1.91. The highest BCUT2D eigenvalue weighted by molar-refractivity contribution is 5.90. The lowest BCUT2D eigenvalue weighted by molar-refractivity contribution is 0.0696. The zero-order chi connectivity index (χ0) is 11.3. The van der Waals surface area contributed by atoms with Crippen molar-refractivity contribution in [3.05, 3.63) is 23.7 Å². The zero-order valence-corrected chi connectivity index (χ0v) is 8.77. The Balaban J connectivity index is 2.07. The molecule has 0 aliphatic heterocycles. The van der Waals surface area contributed by atoms with Gasteiger partial charge in [-0.3, -0.25) is 0 Å². The van der Waals surface area contributed by atoms with Crippen molar-refractivity contribution in [2.45, 2.75) is 19.3 Å². The molecule has 2 unspecified atom stereocenters. The number of aromatic amines is 1. The van der Waals surface area contributed by atoms with E-state index >= 15 is 0 Å². The standard InChI is InChI=1S/C11H11N3O2/c1-5-2-7(5)9-13-8-3-6(11(15)16)4-12-10(8)14-9/h3-5,7H,2H2,1H3,(H,15,16)(H,12,13,14). The summed E-state index contributed by atoms with van der Waals surface area (Å²) in [5.41, 5.74) is 1.49. The zero-order valence-electron chi connectivity index (χ0n) is 8.77. The molecule has 1 saturated carbocycles. The third kappa shape index (κ3) is 1.36. The van der Waals surface area contributed by atoms with Crippen LogP contribution in [0.4, 0.5) is 0 Å². The third-order valence-electron chi connectivity index (χ3n) is 3.06. The molecule has 0 aromatic carbocycles. The Bertz CT molecular complexity index is 576. The van der Waals surface area contributed by atoms with Crippen LogP contribution in [0.15, 0.2) is 12.3 Å². The maximum Gasteiger partial charge on any atom is 0.337 e. The molecule has 2 aromatic rings. The van der Waals surface area contributed by atoms with E-state index < -0.39 is 5.97 Å². The summed E-state index contributed by atoms with van der Waals surface area (Å²) in [5.74, 6) is 1.12. The van der Waals surface area contributed by atoms with Gasteiger partial charge in [0.2, 0.25) is 0 Å². The number of hydrogen-bond acceptors (Lipinski definition) is 3. The Morgan fingerprint density at radius 3 is 3.00 bits per heavy atom. The largest absolute Gasteiger partial charge is 0.478 e. The van der Waals surface area contributed by atoms with Crippen molar-refractivity contribution in [1.29, 1.82) is 0 Å². The number of carbonyl (C=O) groups is 1. The van der Waals surface area contributed by atoms with Gasteiger partial charge in [-0.25, -0.2) is 14.8 Å². The summed E-state index contributed by atoms with van der Waals surface area (Å²) in [7, 11) is 0. The molecule has 5 nitrogen and oxygen atoms in total. The summed E-state index contributed by atoms with van der Waals surface area (Å²) >= 11 is 0. The van der Waals surface area contributed by atoms with Gasteiger partial charge >= 0.3 is 5.97 Å². The number of nitrogens with zero attached hydrogens (tertiary/aromatic N) is 2. The van der Waals surface area contributed by atoms with E-state index in [0.29, 0.717) is 23.0 Å². The number of imidazole rings is 1. The average molecular weight is 217 g/mol. The van der Waals surface area contributed by atoms with Crippen LogP contribution in [0.2, 0.25) is 0 Å². The van der Waals surface area contributed by atoms with Crippen molar-refractivity contribution < 1.29 is 9.90 Å². The van der Waals surface area contributed by atoms with Crippen LogP contribution in [0.1, 0.15) is 35.4 Å². The van der Waals surface area contributed by atoms with E-state index in [2.05, 4.69) is 21.9 Å². The van der Waals surface area contributed by atoms with E-state index in [-0.39, 0.29) is 5.56 Å². The third-order valence-corrected chi connectivity index (χ3v) is 3.06. The van der Waals surface area contributed by atoms with Gasteiger partial charge in [0.1, 0.15) is 5.82 Å². The van der Waals surface area contributed by atoms with Gasteiger partial charge in [0.05, 0.1) is 11.1 Å². The van der Waals surface area contributed by atoms with Crippen LogP contribution in [0.5, 0.6) is 0 Å². The van der Waals surface area contributed by atoms with Gasteiger partial charge in [-0.2, -0.15) is 0 Å². The molecule has 0 radical (unpaired) electrons. The molecule has 1 fully saturated rings. The van der Waals surface area contributed by atoms with Crippen LogP contribution in [0, 0.1) is 5.92 Å². The van der Waals surface area contributed by atoms with E-state index in [4.69, 9.17) is 5.11 Å². The van der Waals surface area contributed by atoms with Gasteiger partial charge in [-0.05, 0) is 18.4 Å². The molecule has 0 saturated heterocycles. The van der Waals surface area contributed by atoms with E-state index in [1.807, 2.05) is 0 Å². The smallest absolute Gasteiger partial charge is 0.337 e. The van der Waals surface area contributed by atoms with Crippen molar-refractivity contribution in [1.82, 2.24) is 15.0 Å². The molecule has 2 atom stereocenters. The predicted octanol–water partition coefficient (Wildman–Crippen LogP) is 1.78. The molecule has 5 heteroatoms. The molecule has 2 heterocycles. The van der Waals surface area contributed by atoms with Crippen LogP contribution < -0.4 is 0 Å². The molecule has 0 spiro atoms. The number of carboxylic acid groups (broad SMARTS) is 1. The Kier molecular flexibility index (Phi) is 1.77. The van der Waals surface area contributed by atoms with E-state index in [1.54, 1.807) is 6.07 Å². The minimum absolute atomic E-state index is 0.187. The first-order chi connectivity index (χ1) is 7.65. The number of hydrogen-bond donors (Lipinski definition) is 2. The molecule has 0 amide bonds. The van der Waals surface area contributed by atoms with Crippen molar-refractivity contribution in [3.63, 3.8) is 0 Å². The van der Waals surface area contributed by atoms with Crippen molar-refractivity contribution in [3.8, 4) is 0 Å². The van der Waals surface area contributed by atoms with Gasteiger partial charge in [-0.15, -0.1) is 0 Å². The summed E-state index contributed by atoms with van der Waals surface area (Å²) in [6, 6.07) is 1.58. The second-order valence-electron chi connectivity index (χ2n) is 4.34. The fraction of sp³-hybridized carbons (Fsp3) is 0.364. The number of nitrogens with one attached hydrogen (secondary N) is 1. The van der Waals surface area contributed by atoms with Gasteiger partial charge in [-0.1, -0.05) is 6.92 Å². The fourth-order valence-electron chi connectivity index (χ4n) is 1.91. The van der Waals surface area contributed by atoms with E-state index in [1.165, 1.54) is 6.20 Å². The summed E-state index contributed by atoms with van der Waals surface area (Å²) < 4.78 is 0. The van der Waals surface area contributed by atoms with E-state index in [9.17, 15) is 4.79 Å². The average Bonchev–Trinajstić information content (AvgIpc) is 2.84. The number of H-pyrrole nitrogens is 1. The minimum atomic E-state index is -0.967. The number of aromatic carboxylic acids is 1. The highest BCUT2D eigenvalue weighted by atomic mass is 16.4. The lowest BCUT2D eigenvalue weighted by Gasteiger charge is -1.91. The molecule has 0 bridgehead atoms. The Labute approximate surface area is 91.5 Å². The van der Waals surface area contributed by atoms with Gasteiger partial charge < -0.3 is 10.1 Å². The summed E-state index contributed by atoms with van der Waals surface area (Å²) in [6.45, 7) is 2.17. The molecule has 2 aromatic heterocycles. The Morgan fingerprint density at radius 2 is 2.38 bits per heavy atom. The Morgan fingerprint density at radius 1 is 1.62 bits per heavy atom. The first kappa shape index (κ1) is 9.33. The highest BCUT2D eigenvalue weighted by Crippen LogP contribution is 2.45. The normalized spacial score (nSPS) is 23.6. The van der Waals surface area contributed by atoms with Gasteiger partial charge in [0, 0.05) is 12.1 Å². The first-order valence-electron chi connectivity index (χ1n) is 5.24. The van der Waals surface area contributed by atoms with E-state index in [0.717, 1.165) is 12.2 Å². The number of fused-ring (bicyclic) bond motifs is 1.